The zero-order chi connectivity index (χ0) is 17.4. The molecule has 0 fully saturated rings. The van der Waals surface area contributed by atoms with E-state index in [4.69, 9.17) is 4.74 Å². The molecule has 7 heteroatoms. The standard InChI is InChI=1S/C17H17N3O4/c1-9(2)24-15-10(5-4-6-18-15)12-8-20(3)16(21)14-11(12)7-13(19-14)17(22)23/h4-9,19H,1-3H3,(H,22,23). The van der Waals surface area contributed by atoms with Crippen LogP contribution in [-0.2, 0) is 7.05 Å². The zero-order valence-corrected chi connectivity index (χ0v) is 13.5. The van der Waals surface area contributed by atoms with Crippen molar-refractivity contribution in [2.75, 3.05) is 0 Å². The second-order valence-corrected chi connectivity index (χ2v) is 5.76. The number of fused-ring (bicyclic) bond motifs is 1. The Hall–Kier alpha value is -3.09. The number of nitrogens with one attached hydrogen (secondary N) is 1. The maximum absolute atomic E-state index is 12.3. The van der Waals surface area contributed by atoms with Gasteiger partial charge >= 0.3 is 5.97 Å². The number of pyridine rings is 2. The van der Waals surface area contributed by atoms with Crippen molar-refractivity contribution in [2.24, 2.45) is 7.05 Å². The molecule has 0 aromatic carbocycles. The predicted octanol–water partition coefficient (Wildman–Crippen LogP) is 2.41. The number of nitrogens with zero attached hydrogens (tertiary/aromatic N) is 2. The van der Waals surface area contributed by atoms with E-state index in [-0.39, 0.29) is 22.9 Å². The average molecular weight is 327 g/mol. The first-order valence-electron chi connectivity index (χ1n) is 7.46. The largest absolute Gasteiger partial charge is 0.477 e. The van der Waals surface area contributed by atoms with Crippen LogP contribution in [0.4, 0.5) is 0 Å². The molecule has 0 spiro atoms. The van der Waals surface area contributed by atoms with E-state index in [1.165, 1.54) is 10.6 Å². The summed E-state index contributed by atoms with van der Waals surface area (Å²) in [5, 5.41) is 9.73. The third-order valence-electron chi connectivity index (χ3n) is 3.60. The van der Waals surface area contributed by atoms with Gasteiger partial charge in [0.15, 0.2) is 0 Å². The number of aromatic amines is 1. The third kappa shape index (κ3) is 2.64. The number of ether oxygens (including phenoxy) is 1. The summed E-state index contributed by atoms with van der Waals surface area (Å²) in [4.78, 5) is 30.5. The lowest BCUT2D eigenvalue weighted by Crippen LogP contribution is -2.17. The fraction of sp³-hybridized carbons (Fsp3) is 0.235. The molecule has 0 unspecified atom stereocenters. The van der Waals surface area contributed by atoms with Crippen molar-refractivity contribution in [2.45, 2.75) is 20.0 Å². The number of carbonyl (C=O) groups is 1. The number of hydrogen-bond donors (Lipinski definition) is 2. The van der Waals surface area contributed by atoms with Gasteiger partial charge in [0, 0.05) is 36.0 Å². The predicted molar refractivity (Wildman–Crippen MR) is 89.5 cm³/mol. The third-order valence-corrected chi connectivity index (χ3v) is 3.60. The molecule has 0 saturated heterocycles. The lowest BCUT2D eigenvalue weighted by atomic mass is 10.0. The molecule has 0 bridgehead atoms. The number of carboxylic acids is 1. The topological polar surface area (TPSA) is 97.2 Å². The van der Waals surface area contributed by atoms with Crippen molar-refractivity contribution < 1.29 is 14.6 Å². The minimum atomic E-state index is -1.12. The maximum atomic E-state index is 12.3. The molecule has 0 saturated carbocycles. The van der Waals surface area contributed by atoms with Gasteiger partial charge in [-0.2, -0.15) is 0 Å². The SMILES string of the molecule is CC(C)Oc1ncccc1-c1cn(C)c(=O)c2[nH]c(C(=O)O)cc12. The number of H-pyrrole nitrogens is 1. The van der Waals surface area contributed by atoms with Gasteiger partial charge in [-0.15, -0.1) is 0 Å². The Bertz CT molecular complexity index is 985. The van der Waals surface area contributed by atoms with Crippen LogP contribution < -0.4 is 10.3 Å². The van der Waals surface area contributed by atoms with Crippen molar-refractivity contribution in [3.63, 3.8) is 0 Å². The second-order valence-electron chi connectivity index (χ2n) is 5.76. The van der Waals surface area contributed by atoms with Crippen LogP contribution in [0, 0.1) is 0 Å². The van der Waals surface area contributed by atoms with Crippen molar-refractivity contribution in [1.82, 2.24) is 14.5 Å². The van der Waals surface area contributed by atoms with E-state index in [1.54, 1.807) is 25.5 Å². The number of aryl methyl sites for hydroxylation is 1. The highest BCUT2D eigenvalue weighted by Crippen LogP contribution is 2.33. The van der Waals surface area contributed by atoms with Crippen molar-refractivity contribution in [3.8, 4) is 17.0 Å². The first-order valence-corrected chi connectivity index (χ1v) is 7.46. The van der Waals surface area contributed by atoms with Crippen molar-refractivity contribution in [3.05, 3.63) is 46.6 Å². The number of aromatic nitrogens is 3. The summed E-state index contributed by atoms with van der Waals surface area (Å²) in [6.45, 7) is 3.79. The summed E-state index contributed by atoms with van der Waals surface area (Å²) in [6, 6.07) is 5.06. The Balaban J connectivity index is 2.33. The Morgan fingerprint density at radius 3 is 2.79 bits per heavy atom. The number of carboxylic acid groups (broad SMARTS) is 1. The van der Waals surface area contributed by atoms with E-state index in [9.17, 15) is 14.7 Å². The van der Waals surface area contributed by atoms with Crippen LogP contribution in [0.5, 0.6) is 5.88 Å². The molecular weight excluding hydrogens is 310 g/mol. The minimum absolute atomic E-state index is 0.0373. The quantitative estimate of drug-likeness (QED) is 0.767. The highest BCUT2D eigenvalue weighted by atomic mass is 16.5. The van der Waals surface area contributed by atoms with Crippen LogP contribution in [0.15, 0.2) is 35.4 Å². The number of aromatic carboxylic acids is 1. The van der Waals surface area contributed by atoms with E-state index >= 15 is 0 Å². The fourth-order valence-corrected chi connectivity index (χ4v) is 2.58. The molecule has 0 aliphatic heterocycles. The molecule has 0 aliphatic carbocycles. The summed E-state index contributed by atoms with van der Waals surface area (Å²) in [5.74, 6) is -0.686. The highest BCUT2D eigenvalue weighted by Gasteiger charge is 2.18. The smallest absolute Gasteiger partial charge is 0.352 e. The van der Waals surface area contributed by atoms with Gasteiger partial charge in [-0.1, -0.05) is 0 Å². The molecule has 0 atom stereocenters. The summed E-state index contributed by atoms with van der Waals surface area (Å²) in [7, 11) is 1.62. The van der Waals surface area contributed by atoms with Crippen LogP contribution in [0.25, 0.3) is 22.0 Å². The summed E-state index contributed by atoms with van der Waals surface area (Å²) >= 11 is 0. The number of hydrogen-bond acceptors (Lipinski definition) is 4. The van der Waals surface area contributed by atoms with E-state index in [0.29, 0.717) is 22.4 Å². The average Bonchev–Trinajstić information content (AvgIpc) is 2.97. The van der Waals surface area contributed by atoms with Gasteiger partial charge in [-0.25, -0.2) is 9.78 Å². The van der Waals surface area contributed by atoms with Crippen LogP contribution in [0.2, 0.25) is 0 Å². The fourth-order valence-electron chi connectivity index (χ4n) is 2.58. The maximum Gasteiger partial charge on any atom is 0.352 e. The van der Waals surface area contributed by atoms with Crippen LogP contribution in [-0.4, -0.2) is 31.7 Å². The molecule has 3 aromatic rings. The van der Waals surface area contributed by atoms with E-state index in [1.807, 2.05) is 19.9 Å². The molecule has 0 amide bonds. The molecule has 24 heavy (non-hydrogen) atoms. The lowest BCUT2D eigenvalue weighted by Gasteiger charge is -2.14. The molecule has 2 N–H and O–H groups in total. The Kier molecular flexibility index (Phi) is 3.84. The van der Waals surface area contributed by atoms with E-state index in [2.05, 4.69) is 9.97 Å². The highest BCUT2D eigenvalue weighted by molar-refractivity contribution is 6.00. The Morgan fingerprint density at radius 1 is 1.38 bits per heavy atom. The second kappa shape index (κ2) is 5.84. The van der Waals surface area contributed by atoms with Gasteiger partial charge in [0.25, 0.3) is 5.56 Å². The Morgan fingerprint density at radius 2 is 2.12 bits per heavy atom. The van der Waals surface area contributed by atoms with Gasteiger partial charge in [0.1, 0.15) is 11.2 Å². The minimum Gasteiger partial charge on any atom is -0.477 e. The van der Waals surface area contributed by atoms with Gasteiger partial charge in [-0.3, -0.25) is 4.79 Å². The van der Waals surface area contributed by atoms with E-state index in [0.717, 1.165) is 0 Å². The van der Waals surface area contributed by atoms with Gasteiger partial charge < -0.3 is 19.4 Å². The van der Waals surface area contributed by atoms with Crippen LogP contribution in [0.3, 0.4) is 0 Å². The molecule has 0 aliphatic rings. The van der Waals surface area contributed by atoms with Gasteiger partial charge in [0.05, 0.1) is 6.10 Å². The molecule has 124 valence electrons. The summed E-state index contributed by atoms with van der Waals surface area (Å²) < 4.78 is 7.16. The Labute approximate surface area is 137 Å². The molecule has 3 aromatic heterocycles. The van der Waals surface area contributed by atoms with Gasteiger partial charge in [0.2, 0.25) is 5.88 Å². The van der Waals surface area contributed by atoms with Crippen molar-refractivity contribution >= 4 is 16.9 Å². The molecular formula is C17H17N3O4. The van der Waals surface area contributed by atoms with E-state index < -0.39 is 5.97 Å². The zero-order valence-electron chi connectivity index (χ0n) is 13.5. The molecule has 7 nitrogen and oxygen atoms in total. The first kappa shape index (κ1) is 15.8. The first-order chi connectivity index (χ1) is 11.4. The number of rotatable bonds is 4. The normalized spacial score (nSPS) is 11.2. The van der Waals surface area contributed by atoms with Crippen LogP contribution >= 0.6 is 0 Å². The molecule has 3 rings (SSSR count). The van der Waals surface area contributed by atoms with Crippen LogP contribution in [0.1, 0.15) is 24.3 Å². The monoisotopic (exact) mass is 327 g/mol. The summed E-state index contributed by atoms with van der Waals surface area (Å²) in [6.07, 6.45) is 3.22. The summed E-state index contributed by atoms with van der Waals surface area (Å²) in [5.41, 5.74) is 1.29. The van der Waals surface area contributed by atoms with Gasteiger partial charge in [-0.05, 0) is 32.0 Å². The molecule has 3 heterocycles. The lowest BCUT2D eigenvalue weighted by molar-refractivity contribution is 0.0691. The van der Waals surface area contributed by atoms with Crippen molar-refractivity contribution in [1.29, 1.82) is 0 Å². The molecule has 0 radical (unpaired) electrons.